The summed E-state index contributed by atoms with van der Waals surface area (Å²) in [5, 5.41) is 0.190. The molecule has 1 unspecified atom stereocenters. The van der Waals surface area contributed by atoms with Crippen molar-refractivity contribution in [2.45, 2.75) is 6.92 Å². The first-order valence-electron chi connectivity index (χ1n) is 9.55. The summed E-state index contributed by atoms with van der Waals surface area (Å²) < 4.78 is 29.8. The predicted molar refractivity (Wildman–Crippen MR) is 124 cm³/mol. The molecule has 0 aliphatic rings. The molecule has 0 radical (unpaired) electrons. The van der Waals surface area contributed by atoms with E-state index in [4.69, 9.17) is 25.8 Å². The predicted octanol–water partition coefficient (Wildman–Crippen LogP) is 5.20. The summed E-state index contributed by atoms with van der Waals surface area (Å²) in [6.45, 7) is 1.71. The number of methoxy groups -OCH3 is 3. The standard InChI is InChI=1S/C24H21ClO6P/c1-14-9-8-12-17(25)19(14)24(27)32(28)23-18(29-2)13-16(21(30-3)22(23)31-4)20(26)15-10-6-5-7-11-15/h5-13H,1-4H3/q+1. The number of halogens is 1. The van der Waals surface area contributed by atoms with Crippen molar-refractivity contribution in [3.8, 4) is 17.2 Å². The molecule has 0 heterocycles. The summed E-state index contributed by atoms with van der Waals surface area (Å²) in [6, 6.07) is 15.0. The molecular weight excluding hydrogens is 451 g/mol. The molecule has 164 valence electrons. The Bertz CT molecular complexity index is 1190. The molecule has 0 fully saturated rings. The molecule has 0 amide bonds. The van der Waals surface area contributed by atoms with Crippen molar-refractivity contribution in [3.05, 3.63) is 81.9 Å². The van der Waals surface area contributed by atoms with Gasteiger partial charge < -0.3 is 14.2 Å². The summed E-state index contributed by atoms with van der Waals surface area (Å²) >= 11 is 6.22. The zero-order valence-corrected chi connectivity index (χ0v) is 19.6. The third-order valence-electron chi connectivity index (χ3n) is 4.91. The Kier molecular flexibility index (Phi) is 7.29. The van der Waals surface area contributed by atoms with Gasteiger partial charge in [0.15, 0.2) is 17.3 Å². The zero-order valence-electron chi connectivity index (χ0n) is 18.0. The third kappa shape index (κ3) is 4.24. The van der Waals surface area contributed by atoms with Crippen molar-refractivity contribution < 1.29 is 28.4 Å². The Balaban J connectivity index is 2.22. The monoisotopic (exact) mass is 471 g/mol. The van der Waals surface area contributed by atoms with Gasteiger partial charge in [0.05, 0.1) is 37.5 Å². The van der Waals surface area contributed by atoms with Gasteiger partial charge in [-0.15, -0.1) is 0 Å². The average Bonchev–Trinajstić information content (AvgIpc) is 2.81. The van der Waals surface area contributed by atoms with Gasteiger partial charge in [-0.2, -0.15) is 0 Å². The number of hydrogen-bond donors (Lipinski definition) is 0. The summed E-state index contributed by atoms with van der Waals surface area (Å²) in [6.07, 6.45) is 0. The fraction of sp³-hybridized carbons (Fsp3) is 0.167. The molecule has 1 atom stereocenters. The summed E-state index contributed by atoms with van der Waals surface area (Å²) in [7, 11) is 1.34. The van der Waals surface area contributed by atoms with Crippen LogP contribution in [0.2, 0.25) is 5.02 Å². The number of ether oxygens (including phenoxy) is 3. The lowest BCUT2D eigenvalue weighted by molar-refractivity contribution is 0.103. The Labute approximate surface area is 191 Å². The van der Waals surface area contributed by atoms with E-state index in [0.29, 0.717) is 11.1 Å². The van der Waals surface area contributed by atoms with Gasteiger partial charge in [0.25, 0.3) is 5.30 Å². The average molecular weight is 472 g/mol. The highest BCUT2D eigenvalue weighted by Gasteiger charge is 2.43. The molecule has 0 aromatic heterocycles. The molecule has 0 aliphatic heterocycles. The molecule has 0 N–H and O–H groups in total. The van der Waals surface area contributed by atoms with E-state index < -0.39 is 13.3 Å². The Hall–Kier alpha value is -3.21. The maximum Gasteiger partial charge on any atom is 0.466 e. The number of rotatable bonds is 8. The van der Waals surface area contributed by atoms with E-state index in [0.717, 1.165) is 0 Å². The summed E-state index contributed by atoms with van der Waals surface area (Å²) in [4.78, 5) is 26.3. The summed E-state index contributed by atoms with van der Waals surface area (Å²) in [5.74, 6) is -0.218. The number of aryl methyl sites for hydroxylation is 1. The first-order valence-corrected chi connectivity index (χ1v) is 11.2. The van der Waals surface area contributed by atoms with Crippen LogP contribution in [0, 0.1) is 6.92 Å². The molecule has 3 aromatic rings. The fourth-order valence-electron chi connectivity index (χ4n) is 3.37. The van der Waals surface area contributed by atoms with Crippen LogP contribution >= 0.6 is 19.4 Å². The van der Waals surface area contributed by atoms with Gasteiger partial charge in [-0.1, -0.05) is 58.6 Å². The minimum absolute atomic E-state index is 0.00391. The molecule has 0 spiro atoms. The van der Waals surface area contributed by atoms with E-state index in [1.165, 1.54) is 27.4 Å². The molecule has 0 bridgehead atoms. The summed E-state index contributed by atoms with van der Waals surface area (Å²) in [5.41, 5.74) is 0.647. The topological polar surface area (TPSA) is 78.9 Å². The van der Waals surface area contributed by atoms with Gasteiger partial charge in [0.1, 0.15) is 0 Å². The molecule has 3 aromatic carbocycles. The lowest BCUT2D eigenvalue weighted by Crippen LogP contribution is -2.16. The van der Waals surface area contributed by atoms with Crippen LogP contribution in [0.3, 0.4) is 0 Å². The van der Waals surface area contributed by atoms with Crippen molar-refractivity contribution in [1.29, 1.82) is 0 Å². The normalized spacial score (nSPS) is 11.0. The van der Waals surface area contributed by atoms with E-state index in [9.17, 15) is 14.2 Å². The Morgan fingerprint density at radius 3 is 2.09 bits per heavy atom. The Morgan fingerprint density at radius 2 is 1.53 bits per heavy atom. The third-order valence-corrected chi connectivity index (χ3v) is 6.64. The van der Waals surface area contributed by atoms with E-state index in [2.05, 4.69) is 0 Å². The second kappa shape index (κ2) is 9.94. The minimum Gasteiger partial charge on any atom is -0.492 e. The minimum atomic E-state index is -2.72. The van der Waals surface area contributed by atoms with Crippen molar-refractivity contribution in [3.63, 3.8) is 0 Å². The van der Waals surface area contributed by atoms with Crippen molar-refractivity contribution in [2.75, 3.05) is 21.3 Å². The largest absolute Gasteiger partial charge is 0.492 e. The van der Waals surface area contributed by atoms with Crippen LogP contribution in [0.5, 0.6) is 17.2 Å². The zero-order chi connectivity index (χ0) is 23.4. The van der Waals surface area contributed by atoms with Crippen LogP contribution in [0.1, 0.15) is 31.8 Å². The van der Waals surface area contributed by atoms with Crippen LogP contribution in [0.15, 0.2) is 54.6 Å². The van der Waals surface area contributed by atoms with Crippen LogP contribution in [0.4, 0.5) is 0 Å². The van der Waals surface area contributed by atoms with Crippen molar-refractivity contribution in [1.82, 2.24) is 0 Å². The number of carbonyl (C=O) groups excluding carboxylic acids is 2. The first-order chi connectivity index (χ1) is 15.3. The van der Waals surface area contributed by atoms with E-state index >= 15 is 0 Å². The number of ketones is 1. The van der Waals surface area contributed by atoms with E-state index in [1.807, 2.05) is 0 Å². The molecule has 6 nitrogen and oxygen atoms in total. The van der Waals surface area contributed by atoms with Crippen LogP contribution in [-0.4, -0.2) is 32.6 Å². The maximum atomic E-state index is 13.5. The lowest BCUT2D eigenvalue weighted by Gasteiger charge is -2.15. The van der Waals surface area contributed by atoms with Gasteiger partial charge >= 0.3 is 13.3 Å². The fourth-order valence-corrected chi connectivity index (χ4v) is 5.18. The second-order valence-electron chi connectivity index (χ2n) is 6.77. The van der Waals surface area contributed by atoms with Gasteiger partial charge in [-0.05, 0) is 18.6 Å². The molecule has 3 rings (SSSR count). The number of benzene rings is 3. The first kappa shape index (κ1) is 23.5. The number of hydrogen-bond acceptors (Lipinski definition) is 6. The molecule has 0 aliphatic carbocycles. The van der Waals surface area contributed by atoms with Gasteiger partial charge in [-0.25, -0.2) is 4.79 Å². The molecule has 32 heavy (non-hydrogen) atoms. The lowest BCUT2D eigenvalue weighted by atomic mass is 10.0. The second-order valence-corrected chi connectivity index (χ2v) is 8.62. The highest BCUT2D eigenvalue weighted by Crippen LogP contribution is 2.44. The molecule has 8 heteroatoms. The highest BCUT2D eigenvalue weighted by molar-refractivity contribution is 7.72. The van der Waals surface area contributed by atoms with Crippen LogP contribution in [-0.2, 0) is 4.57 Å². The van der Waals surface area contributed by atoms with Gasteiger partial charge in [-0.3, -0.25) is 4.79 Å². The molecular formula is C24H21ClO6P+. The smallest absolute Gasteiger partial charge is 0.466 e. The van der Waals surface area contributed by atoms with Crippen molar-refractivity contribution in [2.24, 2.45) is 0 Å². The molecule has 0 saturated heterocycles. The van der Waals surface area contributed by atoms with E-state index in [-0.39, 0.29) is 44.5 Å². The quantitative estimate of drug-likeness (QED) is 0.332. The highest BCUT2D eigenvalue weighted by atomic mass is 35.5. The van der Waals surface area contributed by atoms with E-state index in [1.54, 1.807) is 55.5 Å². The van der Waals surface area contributed by atoms with Gasteiger partial charge in [0.2, 0.25) is 5.75 Å². The van der Waals surface area contributed by atoms with Crippen molar-refractivity contribution >= 4 is 36.0 Å². The SMILES string of the molecule is COc1cc(C(=O)c2ccccc2)c(OC)c(OC)c1[P+](=O)C(=O)c1c(C)cccc1Cl. The maximum absolute atomic E-state index is 13.5. The number of carbonyl (C=O) groups is 2. The Morgan fingerprint density at radius 1 is 0.875 bits per heavy atom. The molecule has 0 saturated carbocycles. The van der Waals surface area contributed by atoms with Gasteiger partial charge in [0, 0.05) is 11.6 Å². The van der Waals surface area contributed by atoms with Crippen LogP contribution in [0.25, 0.3) is 0 Å². The van der Waals surface area contributed by atoms with Crippen LogP contribution < -0.4 is 19.5 Å².